The van der Waals surface area contributed by atoms with Gasteiger partial charge in [-0.05, 0) is 36.5 Å². The summed E-state index contributed by atoms with van der Waals surface area (Å²) in [6.07, 6.45) is 2.70. The van der Waals surface area contributed by atoms with Crippen molar-refractivity contribution in [2.45, 2.75) is 85.0 Å². The molecule has 1 heterocycles. The zero-order valence-electron chi connectivity index (χ0n) is 22.5. The SMILES string of the molecule is CCC.COCCCOc1cc(C(OC(C)=O)C(CC(N)C2CCC(=O)O2)C(C)C)ccc1OC. The molecule has 1 saturated heterocycles. The van der Waals surface area contributed by atoms with Gasteiger partial charge in [-0.25, -0.2) is 0 Å². The molecular weight excluding hydrogens is 450 g/mol. The maximum atomic E-state index is 12.0. The van der Waals surface area contributed by atoms with Crippen molar-refractivity contribution in [3.63, 3.8) is 0 Å². The lowest BCUT2D eigenvalue weighted by Crippen LogP contribution is -2.39. The van der Waals surface area contributed by atoms with Crippen molar-refractivity contribution in [1.82, 2.24) is 0 Å². The van der Waals surface area contributed by atoms with Gasteiger partial charge >= 0.3 is 11.9 Å². The smallest absolute Gasteiger partial charge is 0.306 e. The van der Waals surface area contributed by atoms with Crippen molar-refractivity contribution in [3.05, 3.63) is 23.8 Å². The maximum absolute atomic E-state index is 12.0. The van der Waals surface area contributed by atoms with Gasteiger partial charge in [0.05, 0.1) is 13.7 Å². The summed E-state index contributed by atoms with van der Waals surface area (Å²) in [5.74, 6) is 0.671. The van der Waals surface area contributed by atoms with E-state index in [-0.39, 0.29) is 35.9 Å². The second kappa shape index (κ2) is 16.4. The minimum atomic E-state index is -0.525. The number of rotatable bonds is 13. The summed E-state index contributed by atoms with van der Waals surface area (Å²) in [6, 6.07) is 5.21. The van der Waals surface area contributed by atoms with E-state index in [0.29, 0.717) is 44.0 Å². The minimum Gasteiger partial charge on any atom is -0.493 e. The van der Waals surface area contributed by atoms with Gasteiger partial charge in [0.1, 0.15) is 12.2 Å². The van der Waals surface area contributed by atoms with Crippen molar-refractivity contribution in [2.75, 3.05) is 27.4 Å². The Kier molecular flexibility index (Phi) is 14.4. The molecule has 1 fully saturated rings. The number of ether oxygens (including phenoxy) is 5. The molecule has 0 aliphatic carbocycles. The number of methoxy groups -OCH3 is 2. The molecule has 1 aromatic rings. The summed E-state index contributed by atoms with van der Waals surface area (Å²) in [4.78, 5) is 23.5. The van der Waals surface area contributed by atoms with Crippen LogP contribution in [0.5, 0.6) is 11.5 Å². The van der Waals surface area contributed by atoms with E-state index in [1.807, 2.05) is 18.2 Å². The van der Waals surface area contributed by atoms with E-state index in [0.717, 1.165) is 12.0 Å². The van der Waals surface area contributed by atoms with Gasteiger partial charge < -0.3 is 29.4 Å². The molecule has 0 aromatic heterocycles. The highest BCUT2D eigenvalue weighted by Crippen LogP contribution is 2.39. The van der Waals surface area contributed by atoms with Crippen LogP contribution in [-0.4, -0.2) is 51.5 Å². The van der Waals surface area contributed by atoms with Crippen molar-refractivity contribution in [1.29, 1.82) is 0 Å². The zero-order chi connectivity index (χ0) is 26.4. The second-order valence-corrected chi connectivity index (χ2v) is 9.22. The lowest BCUT2D eigenvalue weighted by molar-refractivity contribution is -0.151. The Bertz CT molecular complexity index is 768. The van der Waals surface area contributed by atoms with Crippen LogP contribution in [0.3, 0.4) is 0 Å². The Hall–Kier alpha value is -2.32. The topological polar surface area (TPSA) is 106 Å². The summed E-state index contributed by atoms with van der Waals surface area (Å²) in [7, 11) is 3.23. The Balaban J connectivity index is 0.00000194. The summed E-state index contributed by atoms with van der Waals surface area (Å²) in [6.45, 7) is 10.9. The fraction of sp³-hybridized carbons (Fsp3) is 0.704. The fourth-order valence-corrected chi connectivity index (χ4v) is 4.01. The Labute approximate surface area is 210 Å². The highest BCUT2D eigenvalue weighted by Gasteiger charge is 2.36. The molecule has 0 radical (unpaired) electrons. The predicted octanol–water partition coefficient (Wildman–Crippen LogP) is 4.83. The third-order valence-electron chi connectivity index (χ3n) is 5.74. The first-order chi connectivity index (χ1) is 16.7. The van der Waals surface area contributed by atoms with E-state index >= 15 is 0 Å². The van der Waals surface area contributed by atoms with Crippen LogP contribution in [-0.2, 0) is 23.8 Å². The molecule has 35 heavy (non-hydrogen) atoms. The number of cyclic esters (lactones) is 1. The summed E-state index contributed by atoms with van der Waals surface area (Å²) >= 11 is 0. The second-order valence-electron chi connectivity index (χ2n) is 9.22. The predicted molar refractivity (Wildman–Crippen MR) is 135 cm³/mol. The average Bonchev–Trinajstić information content (AvgIpc) is 3.25. The molecule has 0 amide bonds. The van der Waals surface area contributed by atoms with E-state index in [2.05, 4.69) is 27.7 Å². The molecule has 4 unspecified atom stereocenters. The van der Waals surface area contributed by atoms with Crippen LogP contribution in [0.15, 0.2) is 18.2 Å². The minimum absolute atomic E-state index is 0.0806. The number of carbonyl (C=O) groups excluding carboxylic acids is 2. The lowest BCUT2D eigenvalue weighted by atomic mass is 9.80. The van der Waals surface area contributed by atoms with Gasteiger partial charge in [-0.1, -0.05) is 40.2 Å². The van der Waals surface area contributed by atoms with Gasteiger partial charge in [0.2, 0.25) is 0 Å². The van der Waals surface area contributed by atoms with Gasteiger partial charge in [-0.15, -0.1) is 0 Å². The number of hydrogen-bond donors (Lipinski definition) is 1. The van der Waals surface area contributed by atoms with Crippen molar-refractivity contribution in [3.8, 4) is 11.5 Å². The first-order valence-corrected chi connectivity index (χ1v) is 12.6. The molecule has 1 aliphatic rings. The van der Waals surface area contributed by atoms with Crippen LogP contribution in [0, 0.1) is 11.8 Å². The van der Waals surface area contributed by atoms with Crippen LogP contribution in [0.2, 0.25) is 0 Å². The standard InChI is InChI=1S/C24H37NO7.C3H8/c1-15(2)18(14-19(25)20-9-10-23(27)32-20)24(31-16(3)26)17-7-8-21(29-5)22(13-17)30-12-6-11-28-4;1-3-2/h7-8,13,15,18-20,24H,6,9-12,14,25H2,1-5H3;3H2,1-2H3. The maximum Gasteiger partial charge on any atom is 0.306 e. The fourth-order valence-electron chi connectivity index (χ4n) is 4.01. The molecule has 0 saturated carbocycles. The molecule has 8 nitrogen and oxygen atoms in total. The van der Waals surface area contributed by atoms with Crippen LogP contribution in [0.4, 0.5) is 0 Å². The first kappa shape index (κ1) is 30.7. The number of esters is 2. The molecule has 0 bridgehead atoms. The molecule has 2 N–H and O–H groups in total. The highest BCUT2D eigenvalue weighted by atomic mass is 16.6. The summed E-state index contributed by atoms with van der Waals surface area (Å²) in [5, 5.41) is 0. The van der Waals surface area contributed by atoms with Gasteiger partial charge in [0.25, 0.3) is 0 Å². The number of nitrogens with two attached hydrogens (primary N) is 1. The van der Waals surface area contributed by atoms with E-state index in [1.54, 1.807) is 14.2 Å². The Morgan fingerprint density at radius 1 is 1.17 bits per heavy atom. The number of benzene rings is 1. The van der Waals surface area contributed by atoms with Gasteiger partial charge in [-0.3, -0.25) is 9.59 Å². The first-order valence-electron chi connectivity index (χ1n) is 12.6. The van der Waals surface area contributed by atoms with Gasteiger partial charge in [-0.2, -0.15) is 0 Å². The molecule has 8 heteroatoms. The van der Waals surface area contributed by atoms with Crippen LogP contribution in [0.25, 0.3) is 0 Å². The summed E-state index contributed by atoms with van der Waals surface area (Å²) < 4.78 is 27.6. The van der Waals surface area contributed by atoms with Gasteiger partial charge in [0.15, 0.2) is 11.5 Å². The largest absolute Gasteiger partial charge is 0.493 e. The third-order valence-corrected chi connectivity index (χ3v) is 5.74. The lowest BCUT2D eigenvalue weighted by Gasteiger charge is -2.33. The molecule has 1 aromatic carbocycles. The molecular formula is C27H45NO7. The number of hydrogen-bond acceptors (Lipinski definition) is 8. The Morgan fingerprint density at radius 2 is 1.86 bits per heavy atom. The number of carbonyl (C=O) groups is 2. The van der Waals surface area contributed by atoms with E-state index in [9.17, 15) is 9.59 Å². The quantitative estimate of drug-likeness (QED) is 0.306. The van der Waals surface area contributed by atoms with Crippen LogP contribution >= 0.6 is 0 Å². The molecule has 2 rings (SSSR count). The zero-order valence-corrected chi connectivity index (χ0v) is 22.5. The van der Waals surface area contributed by atoms with E-state index in [4.69, 9.17) is 29.4 Å². The molecule has 1 aliphatic heterocycles. The summed E-state index contributed by atoms with van der Waals surface area (Å²) in [5.41, 5.74) is 7.22. The van der Waals surface area contributed by atoms with Crippen molar-refractivity contribution in [2.24, 2.45) is 17.6 Å². The normalized spacial score (nSPS) is 17.6. The van der Waals surface area contributed by atoms with Gasteiger partial charge in [0, 0.05) is 45.4 Å². The van der Waals surface area contributed by atoms with E-state index in [1.165, 1.54) is 13.3 Å². The third kappa shape index (κ3) is 10.4. The van der Waals surface area contributed by atoms with Crippen LogP contribution < -0.4 is 15.2 Å². The van der Waals surface area contributed by atoms with E-state index < -0.39 is 6.10 Å². The van der Waals surface area contributed by atoms with Crippen molar-refractivity contribution >= 4 is 11.9 Å². The molecule has 4 atom stereocenters. The van der Waals surface area contributed by atoms with Crippen LogP contribution in [0.1, 0.15) is 78.4 Å². The average molecular weight is 496 g/mol. The Morgan fingerprint density at radius 3 is 2.37 bits per heavy atom. The monoisotopic (exact) mass is 495 g/mol. The molecule has 200 valence electrons. The molecule has 0 spiro atoms. The highest BCUT2D eigenvalue weighted by molar-refractivity contribution is 5.71. The van der Waals surface area contributed by atoms with Crippen molar-refractivity contribution < 1.29 is 33.3 Å².